The van der Waals surface area contributed by atoms with Gasteiger partial charge in [-0.3, -0.25) is 14.4 Å². The average Bonchev–Trinajstić information content (AvgIpc) is 3.26. The molecule has 2 amide bonds. The monoisotopic (exact) mass is 471 g/mol. The number of carbonyl (C=O) groups is 4. The van der Waals surface area contributed by atoms with Crippen LogP contribution >= 0.6 is 0 Å². The Balaban J connectivity index is 1.75. The molecule has 0 atom stereocenters. The molecule has 3 N–H and O–H groups in total. The van der Waals surface area contributed by atoms with Crippen LogP contribution in [0.3, 0.4) is 0 Å². The van der Waals surface area contributed by atoms with Gasteiger partial charge in [-0.1, -0.05) is 24.3 Å². The number of amides is 2. The SMILES string of the molecule is CCOC(=O)c1c2ccc(CC(=O)NOCCN3CCCC3=O)ccc-2c(C(=O)OCC)c1N. The maximum atomic E-state index is 12.5. The number of nitrogens with one attached hydrogen (secondary N) is 1. The summed E-state index contributed by atoms with van der Waals surface area (Å²) < 4.78 is 10.2. The van der Waals surface area contributed by atoms with Gasteiger partial charge in [0.2, 0.25) is 11.8 Å². The van der Waals surface area contributed by atoms with Crippen LogP contribution in [0.4, 0.5) is 5.69 Å². The standard InChI is InChI=1S/C24H29N3O7/c1-3-32-23(30)20-16-9-7-15(8-10-17(16)21(22(20)25)24(31)33-4-2)14-18(28)26-34-13-12-27-11-5-6-19(27)29/h7-10H,3-6,11-14,25H2,1-2H3,(H,26,28). The summed E-state index contributed by atoms with van der Waals surface area (Å²) >= 11 is 0. The van der Waals surface area contributed by atoms with Crippen molar-refractivity contribution in [1.29, 1.82) is 0 Å². The van der Waals surface area contributed by atoms with E-state index in [1.807, 2.05) is 0 Å². The van der Waals surface area contributed by atoms with Crippen LogP contribution in [-0.2, 0) is 30.3 Å². The number of hydroxylamine groups is 1. The molecule has 10 nitrogen and oxygen atoms in total. The number of nitrogens with two attached hydrogens (primary N) is 1. The number of carbonyl (C=O) groups excluding carboxylic acids is 4. The van der Waals surface area contributed by atoms with E-state index in [0.29, 0.717) is 36.2 Å². The zero-order chi connectivity index (χ0) is 24.7. The Bertz CT molecular complexity index is 997. The number of ether oxygens (including phenoxy) is 2. The number of rotatable bonds is 10. The summed E-state index contributed by atoms with van der Waals surface area (Å²) in [6.07, 6.45) is 1.39. The van der Waals surface area contributed by atoms with Gasteiger partial charge in [-0.25, -0.2) is 15.1 Å². The maximum absolute atomic E-state index is 12.5. The fraction of sp³-hybridized carbons (Fsp3) is 0.417. The van der Waals surface area contributed by atoms with Crippen molar-refractivity contribution in [1.82, 2.24) is 10.4 Å². The first-order valence-electron chi connectivity index (χ1n) is 11.2. The summed E-state index contributed by atoms with van der Waals surface area (Å²) in [6, 6.07) is 6.59. The van der Waals surface area contributed by atoms with Crippen LogP contribution in [-0.4, -0.2) is 61.6 Å². The first-order chi connectivity index (χ1) is 16.4. The van der Waals surface area contributed by atoms with E-state index in [2.05, 4.69) is 5.48 Å². The molecule has 10 heteroatoms. The molecule has 0 aromatic rings. The molecule has 3 aliphatic rings. The molecule has 2 aliphatic carbocycles. The van der Waals surface area contributed by atoms with Crippen molar-refractivity contribution in [3.8, 4) is 11.1 Å². The van der Waals surface area contributed by atoms with Crippen LogP contribution in [0.15, 0.2) is 24.3 Å². The lowest BCUT2D eigenvalue weighted by Crippen LogP contribution is -2.32. The number of likely N-dealkylation sites (tertiary alicyclic amines) is 1. The predicted molar refractivity (Wildman–Crippen MR) is 123 cm³/mol. The predicted octanol–water partition coefficient (Wildman–Crippen LogP) is 1.94. The van der Waals surface area contributed by atoms with Crippen molar-refractivity contribution < 1.29 is 33.5 Å². The molecule has 0 saturated carbocycles. The molecular formula is C24H29N3O7. The van der Waals surface area contributed by atoms with Crippen molar-refractivity contribution in [2.24, 2.45) is 0 Å². The Hall–Kier alpha value is -3.66. The number of hydrogen-bond donors (Lipinski definition) is 2. The number of nitrogens with zero attached hydrogens (tertiary/aromatic N) is 1. The normalized spacial score (nSPS) is 13.2. The average molecular weight is 472 g/mol. The summed E-state index contributed by atoms with van der Waals surface area (Å²) in [4.78, 5) is 55.9. The van der Waals surface area contributed by atoms with Crippen LogP contribution in [0.2, 0.25) is 0 Å². The summed E-state index contributed by atoms with van der Waals surface area (Å²) in [5.74, 6) is -1.57. The third kappa shape index (κ3) is 5.63. The summed E-state index contributed by atoms with van der Waals surface area (Å²) in [5.41, 5.74) is 10.2. The Kier molecular flexibility index (Phi) is 8.42. The zero-order valence-corrected chi connectivity index (χ0v) is 19.3. The van der Waals surface area contributed by atoms with E-state index < -0.39 is 11.9 Å². The Labute approximate surface area is 197 Å². The summed E-state index contributed by atoms with van der Waals surface area (Å²) in [5, 5.41) is 0. The lowest BCUT2D eigenvalue weighted by atomic mass is 10.1. The second-order valence-electron chi connectivity index (χ2n) is 7.71. The first-order valence-corrected chi connectivity index (χ1v) is 11.2. The van der Waals surface area contributed by atoms with Gasteiger partial charge in [-0.15, -0.1) is 0 Å². The summed E-state index contributed by atoms with van der Waals surface area (Å²) in [7, 11) is 0. The van der Waals surface area contributed by atoms with E-state index in [4.69, 9.17) is 20.0 Å². The van der Waals surface area contributed by atoms with Crippen LogP contribution < -0.4 is 11.2 Å². The number of anilines is 1. The second kappa shape index (κ2) is 11.5. The molecule has 0 aromatic carbocycles. The molecule has 0 aromatic heterocycles. The minimum atomic E-state index is -0.643. The molecule has 1 fully saturated rings. The number of nitrogen functional groups attached to an aromatic ring is 1. The zero-order valence-electron chi connectivity index (χ0n) is 19.3. The van der Waals surface area contributed by atoms with Gasteiger partial charge in [0, 0.05) is 19.5 Å². The molecule has 0 unspecified atom stereocenters. The van der Waals surface area contributed by atoms with E-state index >= 15 is 0 Å². The lowest BCUT2D eigenvalue weighted by Gasteiger charge is -2.15. The molecular weight excluding hydrogens is 442 g/mol. The minimum absolute atomic E-state index is 0.00111. The summed E-state index contributed by atoms with van der Waals surface area (Å²) in [6.45, 7) is 4.97. The number of fused-ring (bicyclic) bond motifs is 1. The smallest absolute Gasteiger partial charge is 0.340 e. The third-order valence-corrected chi connectivity index (χ3v) is 5.44. The van der Waals surface area contributed by atoms with Crippen molar-refractivity contribution >= 4 is 29.4 Å². The van der Waals surface area contributed by atoms with Crippen molar-refractivity contribution in [3.05, 3.63) is 41.0 Å². The fourth-order valence-corrected chi connectivity index (χ4v) is 3.88. The fourth-order valence-electron chi connectivity index (χ4n) is 3.88. The van der Waals surface area contributed by atoms with E-state index in [1.165, 1.54) is 0 Å². The van der Waals surface area contributed by atoms with Gasteiger partial charge in [-0.2, -0.15) is 0 Å². The van der Waals surface area contributed by atoms with Gasteiger partial charge in [0.1, 0.15) is 0 Å². The van der Waals surface area contributed by atoms with Crippen LogP contribution in [0.5, 0.6) is 0 Å². The first kappa shape index (κ1) is 25.0. The Morgan fingerprint density at radius 2 is 1.59 bits per heavy atom. The van der Waals surface area contributed by atoms with Gasteiger partial charge >= 0.3 is 11.9 Å². The molecule has 1 aliphatic heterocycles. The highest BCUT2D eigenvalue weighted by molar-refractivity contribution is 6.15. The molecule has 3 rings (SSSR count). The van der Waals surface area contributed by atoms with Gasteiger partial charge in [0.15, 0.2) is 0 Å². The molecule has 1 heterocycles. The maximum Gasteiger partial charge on any atom is 0.340 e. The van der Waals surface area contributed by atoms with E-state index in [9.17, 15) is 19.2 Å². The van der Waals surface area contributed by atoms with Crippen molar-refractivity contribution in [2.45, 2.75) is 33.1 Å². The molecule has 0 spiro atoms. The molecule has 182 valence electrons. The highest BCUT2D eigenvalue weighted by Crippen LogP contribution is 2.39. The van der Waals surface area contributed by atoms with E-state index in [0.717, 1.165) is 6.42 Å². The van der Waals surface area contributed by atoms with Crippen LogP contribution in [0.25, 0.3) is 11.1 Å². The largest absolute Gasteiger partial charge is 0.462 e. The molecule has 34 heavy (non-hydrogen) atoms. The molecule has 1 saturated heterocycles. The lowest BCUT2D eigenvalue weighted by molar-refractivity contribution is -0.134. The molecule has 0 bridgehead atoms. The van der Waals surface area contributed by atoms with Gasteiger partial charge in [0.25, 0.3) is 0 Å². The highest BCUT2D eigenvalue weighted by Gasteiger charge is 2.30. The van der Waals surface area contributed by atoms with Crippen LogP contribution in [0, 0.1) is 0 Å². The van der Waals surface area contributed by atoms with E-state index in [1.54, 1.807) is 43.0 Å². The van der Waals surface area contributed by atoms with E-state index in [-0.39, 0.29) is 54.9 Å². The van der Waals surface area contributed by atoms with Crippen LogP contribution in [0.1, 0.15) is 53.0 Å². The quantitative estimate of drug-likeness (QED) is 0.305. The van der Waals surface area contributed by atoms with Crippen molar-refractivity contribution in [2.75, 3.05) is 38.6 Å². The topological polar surface area (TPSA) is 137 Å². The minimum Gasteiger partial charge on any atom is -0.462 e. The second-order valence-corrected chi connectivity index (χ2v) is 7.71. The molecule has 0 radical (unpaired) electrons. The van der Waals surface area contributed by atoms with Gasteiger partial charge < -0.3 is 20.1 Å². The number of hydrogen-bond acceptors (Lipinski definition) is 8. The Morgan fingerprint density at radius 1 is 1.00 bits per heavy atom. The third-order valence-electron chi connectivity index (χ3n) is 5.44. The van der Waals surface area contributed by atoms with Gasteiger partial charge in [-0.05, 0) is 37.0 Å². The van der Waals surface area contributed by atoms with Gasteiger partial charge in [0.05, 0.1) is 43.1 Å². The highest BCUT2D eigenvalue weighted by atomic mass is 16.7. The number of esters is 2. The Morgan fingerprint density at radius 3 is 2.09 bits per heavy atom. The van der Waals surface area contributed by atoms with Crippen molar-refractivity contribution in [3.63, 3.8) is 0 Å².